The normalized spacial score (nSPS) is 15.9. The molecular weight excluding hydrogens is 374 g/mol. The lowest BCUT2D eigenvalue weighted by Crippen LogP contribution is -2.42. The lowest BCUT2D eigenvalue weighted by molar-refractivity contribution is 0.0937. The van der Waals surface area contributed by atoms with E-state index in [0.29, 0.717) is 23.8 Å². The zero-order valence-electron chi connectivity index (χ0n) is 16.1. The Morgan fingerprint density at radius 2 is 1.79 bits per heavy atom. The molecule has 6 nitrogen and oxygen atoms in total. The van der Waals surface area contributed by atoms with Gasteiger partial charge in [-0.1, -0.05) is 31.2 Å². The van der Waals surface area contributed by atoms with Crippen molar-refractivity contribution in [1.82, 2.24) is 10.2 Å². The van der Waals surface area contributed by atoms with Gasteiger partial charge in [0.1, 0.15) is 0 Å². The van der Waals surface area contributed by atoms with E-state index in [1.54, 1.807) is 42.5 Å². The fourth-order valence-corrected chi connectivity index (χ4v) is 4.56. The molecule has 0 aromatic heterocycles. The van der Waals surface area contributed by atoms with Gasteiger partial charge >= 0.3 is 0 Å². The molecule has 7 heteroatoms. The van der Waals surface area contributed by atoms with Gasteiger partial charge in [0.15, 0.2) is 0 Å². The first-order valence-electron chi connectivity index (χ1n) is 9.70. The molecule has 1 saturated heterocycles. The molecular formula is C21H27N3O3S. The Hall–Kier alpha value is -2.38. The smallest absolute Gasteiger partial charge is 0.261 e. The van der Waals surface area contributed by atoms with Crippen LogP contribution in [0.15, 0.2) is 59.5 Å². The van der Waals surface area contributed by atoms with Gasteiger partial charge in [-0.15, -0.1) is 0 Å². The largest absolute Gasteiger partial charge is 0.350 e. The van der Waals surface area contributed by atoms with Crippen molar-refractivity contribution in [2.75, 3.05) is 24.4 Å². The van der Waals surface area contributed by atoms with E-state index >= 15 is 0 Å². The number of sulfonamides is 1. The maximum atomic E-state index is 12.6. The number of nitrogens with one attached hydrogen (secondary N) is 2. The van der Waals surface area contributed by atoms with Gasteiger partial charge in [-0.3, -0.25) is 14.4 Å². The van der Waals surface area contributed by atoms with E-state index in [9.17, 15) is 13.2 Å². The van der Waals surface area contributed by atoms with Gasteiger partial charge in [0.2, 0.25) is 0 Å². The number of rotatable bonds is 8. The van der Waals surface area contributed by atoms with Gasteiger partial charge in [-0.25, -0.2) is 8.42 Å². The van der Waals surface area contributed by atoms with Crippen LogP contribution in [0.3, 0.4) is 0 Å². The highest BCUT2D eigenvalue weighted by atomic mass is 32.2. The molecule has 2 aromatic rings. The first-order chi connectivity index (χ1) is 13.5. The van der Waals surface area contributed by atoms with Crippen LogP contribution in [0, 0.1) is 0 Å². The maximum Gasteiger partial charge on any atom is 0.261 e. The summed E-state index contributed by atoms with van der Waals surface area (Å²) in [6, 6.07) is 15.1. The number of likely N-dealkylation sites (tertiary alicyclic amines) is 1. The summed E-state index contributed by atoms with van der Waals surface area (Å²) in [6.07, 6.45) is 3.42. The third-order valence-corrected chi connectivity index (χ3v) is 6.45. The summed E-state index contributed by atoms with van der Waals surface area (Å²) in [5, 5.41) is 2.99. The van der Waals surface area contributed by atoms with Crippen molar-refractivity contribution in [2.45, 2.75) is 37.1 Å². The lowest BCUT2D eigenvalue weighted by atomic mass is 10.1. The van der Waals surface area contributed by atoms with E-state index in [2.05, 4.69) is 21.9 Å². The van der Waals surface area contributed by atoms with Crippen LogP contribution >= 0.6 is 0 Å². The predicted molar refractivity (Wildman–Crippen MR) is 111 cm³/mol. The average Bonchev–Trinajstić information content (AvgIpc) is 3.23. The molecule has 1 heterocycles. The van der Waals surface area contributed by atoms with E-state index in [0.717, 1.165) is 19.5 Å². The molecule has 0 saturated carbocycles. The standard InChI is InChI=1S/C21H27N3O3S/c1-2-19(24-13-6-7-14-24)16-22-21(25)17-9-8-10-18(15-17)23-28(26,27)20-11-4-3-5-12-20/h3-5,8-12,15,19,23H,2,6-7,13-14,16H2,1H3,(H,22,25). The highest BCUT2D eigenvalue weighted by Crippen LogP contribution is 2.17. The third-order valence-electron chi connectivity index (χ3n) is 5.06. The minimum atomic E-state index is -3.68. The van der Waals surface area contributed by atoms with Gasteiger partial charge in [0.25, 0.3) is 15.9 Å². The number of nitrogens with zero attached hydrogens (tertiary/aromatic N) is 1. The highest BCUT2D eigenvalue weighted by Gasteiger charge is 2.21. The number of benzene rings is 2. The van der Waals surface area contributed by atoms with E-state index in [-0.39, 0.29) is 10.8 Å². The first-order valence-corrected chi connectivity index (χ1v) is 11.2. The molecule has 0 aliphatic carbocycles. The topological polar surface area (TPSA) is 78.5 Å². The van der Waals surface area contributed by atoms with E-state index < -0.39 is 10.0 Å². The van der Waals surface area contributed by atoms with Crippen LogP contribution in [0.5, 0.6) is 0 Å². The summed E-state index contributed by atoms with van der Waals surface area (Å²) in [4.78, 5) is 15.2. The third kappa shape index (κ3) is 5.11. The molecule has 1 unspecified atom stereocenters. The van der Waals surface area contributed by atoms with Gasteiger partial charge in [-0.2, -0.15) is 0 Å². The van der Waals surface area contributed by atoms with Gasteiger partial charge < -0.3 is 5.32 Å². The second kappa shape index (κ2) is 9.21. The van der Waals surface area contributed by atoms with Crippen LogP contribution in [0.4, 0.5) is 5.69 Å². The molecule has 1 amide bonds. The molecule has 1 aliphatic rings. The van der Waals surface area contributed by atoms with Crippen molar-refractivity contribution >= 4 is 21.6 Å². The molecule has 2 N–H and O–H groups in total. The Morgan fingerprint density at radius 3 is 2.46 bits per heavy atom. The summed E-state index contributed by atoms with van der Waals surface area (Å²) < 4.78 is 27.5. The monoisotopic (exact) mass is 401 g/mol. The Balaban J connectivity index is 1.64. The predicted octanol–water partition coefficient (Wildman–Crippen LogP) is 3.09. The van der Waals surface area contributed by atoms with Gasteiger partial charge in [0, 0.05) is 23.8 Å². The molecule has 150 valence electrons. The van der Waals surface area contributed by atoms with Crippen molar-refractivity contribution < 1.29 is 13.2 Å². The molecule has 2 aromatic carbocycles. The van der Waals surface area contributed by atoms with Crippen LogP contribution in [0.25, 0.3) is 0 Å². The fourth-order valence-electron chi connectivity index (χ4n) is 3.49. The molecule has 3 rings (SSSR count). The van der Waals surface area contributed by atoms with E-state index in [1.165, 1.54) is 25.0 Å². The number of hydrogen-bond donors (Lipinski definition) is 2. The second-order valence-corrected chi connectivity index (χ2v) is 8.70. The molecule has 1 fully saturated rings. The molecule has 28 heavy (non-hydrogen) atoms. The minimum Gasteiger partial charge on any atom is -0.350 e. The van der Waals surface area contributed by atoms with Crippen LogP contribution in [0.2, 0.25) is 0 Å². The number of carbonyl (C=O) groups is 1. The summed E-state index contributed by atoms with van der Waals surface area (Å²) >= 11 is 0. The van der Waals surface area contributed by atoms with Crippen LogP contribution in [-0.4, -0.2) is 44.9 Å². The van der Waals surface area contributed by atoms with Crippen molar-refractivity contribution in [3.8, 4) is 0 Å². The molecule has 0 radical (unpaired) electrons. The van der Waals surface area contributed by atoms with Crippen LogP contribution < -0.4 is 10.0 Å². The summed E-state index contributed by atoms with van der Waals surface area (Å²) in [6.45, 7) is 4.90. The summed E-state index contributed by atoms with van der Waals surface area (Å²) in [5.74, 6) is -0.196. The van der Waals surface area contributed by atoms with E-state index in [1.807, 2.05) is 0 Å². The summed E-state index contributed by atoms with van der Waals surface area (Å²) in [5.41, 5.74) is 0.799. The molecule has 1 atom stereocenters. The minimum absolute atomic E-state index is 0.182. The maximum absolute atomic E-state index is 12.6. The zero-order chi connectivity index (χ0) is 20.0. The Morgan fingerprint density at radius 1 is 1.07 bits per heavy atom. The second-order valence-electron chi connectivity index (χ2n) is 7.01. The van der Waals surface area contributed by atoms with Crippen molar-refractivity contribution in [1.29, 1.82) is 0 Å². The Labute approximate surface area is 167 Å². The molecule has 0 spiro atoms. The SMILES string of the molecule is CCC(CNC(=O)c1cccc(NS(=O)(=O)c2ccccc2)c1)N1CCCC1. The fraction of sp³-hybridized carbons (Fsp3) is 0.381. The van der Waals surface area contributed by atoms with Gasteiger partial charge in [-0.05, 0) is 62.7 Å². The summed E-state index contributed by atoms with van der Waals surface area (Å²) in [7, 11) is -3.68. The zero-order valence-corrected chi connectivity index (χ0v) is 16.9. The quantitative estimate of drug-likeness (QED) is 0.712. The molecule has 1 aliphatic heterocycles. The Kier molecular flexibility index (Phi) is 6.70. The van der Waals surface area contributed by atoms with Crippen molar-refractivity contribution in [3.63, 3.8) is 0 Å². The van der Waals surface area contributed by atoms with Crippen LogP contribution in [-0.2, 0) is 10.0 Å². The number of carbonyl (C=O) groups excluding carboxylic acids is 1. The average molecular weight is 402 g/mol. The number of amides is 1. The van der Waals surface area contributed by atoms with Crippen molar-refractivity contribution in [2.24, 2.45) is 0 Å². The van der Waals surface area contributed by atoms with E-state index in [4.69, 9.17) is 0 Å². The number of hydrogen-bond acceptors (Lipinski definition) is 4. The first kappa shape index (κ1) is 20.4. The van der Waals surface area contributed by atoms with Crippen molar-refractivity contribution in [3.05, 3.63) is 60.2 Å². The van der Waals surface area contributed by atoms with Crippen LogP contribution in [0.1, 0.15) is 36.5 Å². The lowest BCUT2D eigenvalue weighted by Gasteiger charge is -2.26. The van der Waals surface area contributed by atoms with Gasteiger partial charge in [0.05, 0.1) is 4.90 Å². The highest BCUT2D eigenvalue weighted by molar-refractivity contribution is 7.92. The number of anilines is 1. The Bertz CT molecular complexity index is 894. The molecule has 0 bridgehead atoms.